The van der Waals surface area contributed by atoms with E-state index >= 15 is 0 Å². The smallest absolute Gasteiger partial charge is 0.774 e. The van der Waals surface area contributed by atoms with Crippen LogP contribution in [-0.4, -0.2) is 32.6 Å². The SMILES string of the molecule is CCCCCC[CH2][Al+][CH2]CCCCCC.Fc1c(F)c(F)c([S-])c(F)c1F.Fc1c(F)c(F)c([S-])c(F)c1F.Fc1c(F)c(F)c([S-])c(F)c1F.Fc1c(F)c(F)c([S-])c(F)c1F.[Al+3]. The molecule has 0 aliphatic rings. The van der Waals surface area contributed by atoms with E-state index in [0.29, 0.717) is 0 Å². The molecule has 0 atom stereocenters. The molecule has 64 heavy (non-hydrogen) atoms. The number of benzene rings is 4. The first-order chi connectivity index (χ1) is 29.3. The van der Waals surface area contributed by atoms with Gasteiger partial charge in [0.2, 0.25) is 0 Å². The van der Waals surface area contributed by atoms with Crippen LogP contribution in [0.3, 0.4) is 0 Å². The fourth-order valence-corrected chi connectivity index (χ4v) is 6.43. The van der Waals surface area contributed by atoms with E-state index in [1.807, 2.05) is 0 Å². The summed E-state index contributed by atoms with van der Waals surface area (Å²) in [6, 6.07) is 0. The van der Waals surface area contributed by atoms with Crippen LogP contribution in [0.1, 0.15) is 78.1 Å². The maximum atomic E-state index is 12.3. The van der Waals surface area contributed by atoms with Gasteiger partial charge in [-0.15, -0.1) is 0 Å². The third kappa shape index (κ3) is 18.3. The van der Waals surface area contributed by atoms with Crippen molar-refractivity contribution in [3.05, 3.63) is 116 Å². The van der Waals surface area contributed by atoms with E-state index in [-0.39, 0.29) is 17.4 Å². The van der Waals surface area contributed by atoms with Gasteiger partial charge in [-0.1, -0.05) is 19.6 Å². The second-order valence-corrected chi connectivity index (χ2v) is 15.7. The third-order valence-electron chi connectivity index (χ3n) is 7.70. The van der Waals surface area contributed by atoms with Crippen LogP contribution in [0.25, 0.3) is 0 Å². The molecule has 0 saturated carbocycles. The molecule has 0 spiro atoms. The van der Waals surface area contributed by atoms with E-state index < -0.39 is 136 Å². The molecular weight excluding hydrogens is 1020 g/mol. The average Bonchev–Trinajstić information content (AvgIpc) is 3.28. The zero-order valence-corrected chi connectivity index (χ0v) is 38.4. The summed E-state index contributed by atoms with van der Waals surface area (Å²) in [5.41, 5.74) is 0. The number of rotatable bonds is 12. The quantitative estimate of drug-likeness (QED) is 0.0346. The van der Waals surface area contributed by atoms with Crippen molar-refractivity contribution in [3.8, 4) is 0 Å². The van der Waals surface area contributed by atoms with Crippen molar-refractivity contribution < 1.29 is 87.8 Å². The van der Waals surface area contributed by atoms with Gasteiger partial charge in [-0.3, -0.25) is 0 Å². The van der Waals surface area contributed by atoms with Crippen molar-refractivity contribution in [2.45, 2.75) is 108 Å². The van der Waals surface area contributed by atoms with E-state index in [1.165, 1.54) is 64.2 Å². The van der Waals surface area contributed by atoms with Crippen LogP contribution in [-0.2, 0) is 50.5 Å². The van der Waals surface area contributed by atoms with Crippen LogP contribution in [0.15, 0.2) is 19.6 Å². The number of hydrogen-bond donors (Lipinski definition) is 0. The van der Waals surface area contributed by atoms with Gasteiger partial charge in [-0.25, -0.2) is 87.8 Å². The summed E-state index contributed by atoms with van der Waals surface area (Å²) in [4.78, 5) is -5.14. The molecule has 4 aromatic carbocycles. The Bertz CT molecular complexity index is 1430. The summed E-state index contributed by atoms with van der Waals surface area (Å²) in [7, 11) is 0. The Morgan fingerprint density at radius 1 is 0.250 bits per heavy atom. The summed E-state index contributed by atoms with van der Waals surface area (Å²) >= 11 is 16.5. The van der Waals surface area contributed by atoms with Gasteiger partial charge in [0, 0.05) is 0 Å². The summed E-state index contributed by atoms with van der Waals surface area (Å²) < 4.78 is 245. The molecule has 352 valence electrons. The molecule has 0 aromatic heterocycles. The molecule has 0 radical (unpaired) electrons. The summed E-state index contributed by atoms with van der Waals surface area (Å²) in [6.45, 7) is 4.59. The fraction of sp³-hybridized carbons (Fsp3) is 0.368. The van der Waals surface area contributed by atoms with Crippen molar-refractivity contribution >= 4 is 83.1 Å². The van der Waals surface area contributed by atoms with E-state index in [9.17, 15) is 87.8 Å². The first-order valence-electron chi connectivity index (χ1n) is 17.8. The molecule has 4 rings (SSSR count). The summed E-state index contributed by atoms with van der Waals surface area (Å²) in [5, 5.41) is 3.13. The van der Waals surface area contributed by atoms with Gasteiger partial charge in [0.15, 0.2) is 69.8 Å². The Hall–Kier alpha value is -2.58. The van der Waals surface area contributed by atoms with Gasteiger partial charge in [0.1, 0.15) is 46.5 Å². The monoisotopic (exact) mass is 1050 g/mol. The molecule has 26 heteroatoms. The van der Waals surface area contributed by atoms with Crippen LogP contribution >= 0.6 is 0 Å². The van der Waals surface area contributed by atoms with Crippen molar-refractivity contribution in [1.29, 1.82) is 0 Å². The Kier molecular flexibility index (Phi) is 31.2. The number of unbranched alkanes of at least 4 members (excludes halogenated alkanes) is 8. The number of hydrogen-bond acceptors (Lipinski definition) is 4. The molecule has 0 bridgehead atoms. The van der Waals surface area contributed by atoms with E-state index in [0.717, 1.165) is 15.2 Å². The van der Waals surface area contributed by atoms with Crippen LogP contribution < -0.4 is 0 Å². The normalized spacial score (nSPS) is 10.2. The Balaban J connectivity index is 0. The molecule has 0 aliphatic carbocycles. The zero-order valence-electron chi connectivity index (χ0n) is 32.8. The minimum atomic E-state index is -2.20. The van der Waals surface area contributed by atoms with E-state index in [2.05, 4.69) is 64.4 Å². The van der Waals surface area contributed by atoms with Gasteiger partial charge >= 0.3 is 121 Å². The molecule has 0 heterocycles. The Morgan fingerprint density at radius 2 is 0.391 bits per heavy atom. The van der Waals surface area contributed by atoms with Crippen molar-refractivity contribution in [3.63, 3.8) is 0 Å². The zero-order chi connectivity index (χ0) is 49.0. The van der Waals surface area contributed by atoms with Gasteiger partial charge in [0.05, 0.1) is 0 Å². The second-order valence-electron chi connectivity index (χ2n) is 12.3. The standard InChI is InChI=1S/2C7H15.4C6HF5S.2Al/c2*1-3-5-7-6-4-2;4*7-1-2(8)4(10)6(12)5(11)3(1)9;;/h2*1,3-7H2,2H3;4*12H;;/q;;;;;;+1;+3/p-4. The molecule has 4 aromatic rings. The van der Waals surface area contributed by atoms with Crippen molar-refractivity contribution in [2.24, 2.45) is 0 Å². The molecule has 0 saturated heterocycles. The topological polar surface area (TPSA) is 0 Å². The minimum absolute atomic E-state index is 0. The van der Waals surface area contributed by atoms with E-state index in [4.69, 9.17) is 0 Å². The predicted molar refractivity (Wildman–Crippen MR) is 206 cm³/mol. The molecular formula is C38H30Al2F20S4. The molecule has 0 amide bonds. The largest absolute Gasteiger partial charge is 3.00 e. The average molecular weight is 1050 g/mol. The van der Waals surface area contributed by atoms with Crippen LogP contribution in [0, 0.1) is 116 Å². The predicted octanol–water partition coefficient (Wildman–Crippen LogP) is 14.2. The fourth-order valence-electron chi connectivity index (χ4n) is 4.27. The third-order valence-corrected chi connectivity index (χ3v) is 10.8. The van der Waals surface area contributed by atoms with E-state index in [1.54, 1.807) is 10.6 Å². The molecule has 0 fully saturated rings. The van der Waals surface area contributed by atoms with Crippen LogP contribution in [0.4, 0.5) is 87.8 Å². The Labute approximate surface area is 393 Å². The Morgan fingerprint density at radius 3 is 0.547 bits per heavy atom. The molecule has 0 N–H and O–H groups in total. The van der Waals surface area contributed by atoms with Crippen LogP contribution in [0.5, 0.6) is 0 Å². The first-order valence-corrected chi connectivity index (χ1v) is 21.1. The first kappa shape index (κ1) is 63.5. The van der Waals surface area contributed by atoms with Gasteiger partial charge < -0.3 is 50.5 Å². The van der Waals surface area contributed by atoms with Gasteiger partial charge in [0.25, 0.3) is 0 Å². The maximum absolute atomic E-state index is 12.3. The van der Waals surface area contributed by atoms with Gasteiger partial charge in [-0.05, 0) is 0 Å². The molecule has 0 nitrogen and oxygen atoms in total. The molecule has 0 aliphatic heterocycles. The summed E-state index contributed by atoms with van der Waals surface area (Å²) in [5.74, 6) is -40.7. The number of halogens is 20. The summed E-state index contributed by atoms with van der Waals surface area (Å²) in [6.07, 6.45) is 14.6. The van der Waals surface area contributed by atoms with Crippen molar-refractivity contribution in [1.82, 2.24) is 0 Å². The second kappa shape index (κ2) is 31.4. The maximum Gasteiger partial charge on any atom is 3.00 e. The molecule has 0 unspecified atom stereocenters. The minimum Gasteiger partial charge on any atom is -0.774 e. The van der Waals surface area contributed by atoms with Crippen LogP contribution in [0.2, 0.25) is 10.6 Å². The van der Waals surface area contributed by atoms with Crippen molar-refractivity contribution in [2.75, 3.05) is 0 Å². The van der Waals surface area contributed by atoms with Gasteiger partial charge in [-0.2, -0.15) is 0 Å².